The molecule has 2 heterocycles. The zero-order valence-corrected chi connectivity index (χ0v) is 21.3. The van der Waals surface area contributed by atoms with E-state index in [1.807, 2.05) is 61.5 Å². The van der Waals surface area contributed by atoms with Crippen LogP contribution in [0.3, 0.4) is 0 Å². The van der Waals surface area contributed by atoms with Crippen LogP contribution >= 0.6 is 11.3 Å². The highest BCUT2D eigenvalue weighted by Gasteiger charge is 2.32. The summed E-state index contributed by atoms with van der Waals surface area (Å²) < 4.78 is 31.3. The van der Waals surface area contributed by atoms with Crippen molar-refractivity contribution < 1.29 is 18.3 Å². The van der Waals surface area contributed by atoms with Gasteiger partial charge in [0, 0.05) is 5.69 Å². The van der Waals surface area contributed by atoms with E-state index in [0.717, 1.165) is 11.1 Å². The van der Waals surface area contributed by atoms with Crippen LogP contribution in [0.25, 0.3) is 6.08 Å². The zero-order chi connectivity index (χ0) is 26.8. The number of nitrogens with zero attached hydrogens (tertiary/aromatic N) is 2. The van der Waals surface area contributed by atoms with E-state index in [4.69, 9.17) is 0 Å². The van der Waals surface area contributed by atoms with Crippen molar-refractivity contribution in [3.8, 4) is 5.75 Å². The van der Waals surface area contributed by atoms with Crippen molar-refractivity contribution in [2.24, 2.45) is 4.99 Å². The molecule has 4 aromatic rings. The van der Waals surface area contributed by atoms with Crippen LogP contribution in [0, 0.1) is 6.92 Å². The van der Waals surface area contributed by atoms with E-state index in [-0.39, 0.29) is 17.2 Å². The summed E-state index contributed by atoms with van der Waals surface area (Å²) in [4.78, 5) is 32.4. The van der Waals surface area contributed by atoms with Gasteiger partial charge in [-0.3, -0.25) is 14.2 Å². The SMILES string of the molecule is CC1=C(C(=O)Nc2ccccc2C)C(c2ccccc2)n2c(sc(=Cc3ccc(OC(F)F)cc3)c2=O)=N1. The van der Waals surface area contributed by atoms with Gasteiger partial charge >= 0.3 is 6.61 Å². The van der Waals surface area contributed by atoms with Crippen molar-refractivity contribution in [1.29, 1.82) is 0 Å². The predicted molar refractivity (Wildman–Crippen MR) is 143 cm³/mol. The van der Waals surface area contributed by atoms with Crippen LogP contribution < -0.4 is 24.9 Å². The molecule has 5 rings (SSSR count). The second kappa shape index (κ2) is 10.5. The maximum Gasteiger partial charge on any atom is 0.387 e. The Morgan fingerprint density at radius 2 is 1.71 bits per heavy atom. The number of aromatic nitrogens is 1. The molecule has 192 valence electrons. The average molecular weight is 532 g/mol. The Morgan fingerprint density at radius 3 is 2.39 bits per heavy atom. The molecule has 38 heavy (non-hydrogen) atoms. The van der Waals surface area contributed by atoms with Crippen LogP contribution in [0.4, 0.5) is 14.5 Å². The number of benzene rings is 3. The number of aryl methyl sites for hydroxylation is 1. The molecule has 0 saturated carbocycles. The van der Waals surface area contributed by atoms with Crippen molar-refractivity contribution >= 4 is 29.0 Å². The molecular weight excluding hydrogens is 508 g/mol. The number of hydrogen-bond donors (Lipinski definition) is 1. The summed E-state index contributed by atoms with van der Waals surface area (Å²) in [6, 6.07) is 22.2. The number of carbonyl (C=O) groups excluding carboxylic acids is 1. The normalized spacial score (nSPS) is 15.3. The van der Waals surface area contributed by atoms with Crippen LogP contribution in [0.15, 0.2) is 99.9 Å². The van der Waals surface area contributed by atoms with Gasteiger partial charge in [-0.25, -0.2) is 4.99 Å². The number of thiazole rings is 1. The molecule has 1 aliphatic rings. The summed E-state index contributed by atoms with van der Waals surface area (Å²) in [5.74, 6) is -0.305. The van der Waals surface area contributed by atoms with Crippen molar-refractivity contribution in [2.45, 2.75) is 26.5 Å². The number of fused-ring (bicyclic) bond motifs is 1. The molecule has 1 atom stereocenters. The molecule has 0 spiro atoms. The Balaban J connectivity index is 1.60. The summed E-state index contributed by atoms with van der Waals surface area (Å²) in [7, 11) is 0. The number of para-hydroxylation sites is 1. The van der Waals surface area contributed by atoms with Crippen molar-refractivity contribution in [3.63, 3.8) is 0 Å². The molecule has 0 fully saturated rings. The Hall–Kier alpha value is -4.37. The van der Waals surface area contributed by atoms with E-state index in [1.165, 1.54) is 23.5 Å². The molecule has 1 N–H and O–H groups in total. The number of alkyl halides is 2. The van der Waals surface area contributed by atoms with E-state index in [1.54, 1.807) is 29.7 Å². The van der Waals surface area contributed by atoms with Gasteiger partial charge in [0.25, 0.3) is 11.5 Å². The predicted octanol–water partition coefficient (Wildman–Crippen LogP) is 4.78. The fourth-order valence-corrected chi connectivity index (χ4v) is 5.41. The monoisotopic (exact) mass is 531 g/mol. The molecule has 1 aliphatic heterocycles. The topological polar surface area (TPSA) is 72.7 Å². The molecule has 1 aromatic heterocycles. The minimum Gasteiger partial charge on any atom is -0.435 e. The fraction of sp³-hybridized carbons (Fsp3) is 0.138. The molecule has 1 unspecified atom stereocenters. The van der Waals surface area contributed by atoms with Gasteiger partial charge < -0.3 is 10.1 Å². The minimum atomic E-state index is -2.91. The van der Waals surface area contributed by atoms with E-state index in [9.17, 15) is 18.4 Å². The van der Waals surface area contributed by atoms with Crippen LogP contribution in [0.5, 0.6) is 5.75 Å². The summed E-state index contributed by atoms with van der Waals surface area (Å²) in [5.41, 5.74) is 3.61. The van der Waals surface area contributed by atoms with Gasteiger partial charge in [-0.05, 0) is 54.8 Å². The second-order valence-electron chi connectivity index (χ2n) is 8.71. The number of nitrogens with one attached hydrogen (secondary N) is 1. The molecule has 0 radical (unpaired) electrons. The maximum atomic E-state index is 13.7. The van der Waals surface area contributed by atoms with Gasteiger partial charge in [-0.1, -0.05) is 72.0 Å². The lowest BCUT2D eigenvalue weighted by Gasteiger charge is -2.25. The first-order valence-electron chi connectivity index (χ1n) is 11.8. The number of hydrogen-bond acceptors (Lipinski definition) is 5. The quantitative estimate of drug-likeness (QED) is 0.389. The number of amides is 1. The number of carbonyl (C=O) groups is 1. The molecule has 0 aliphatic carbocycles. The Kier molecular flexibility index (Phi) is 7.02. The third-order valence-corrected chi connectivity index (χ3v) is 7.16. The van der Waals surface area contributed by atoms with Gasteiger partial charge in [0.2, 0.25) is 0 Å². The number of halogens is 2. The molecule has 3 aromatic carbocycles. The Labute approximate surface area is 220 Å². The van der Waals surface area contributed by atoms with E-state index in [2.05, 4.69) is 15.0 Å². The fourth-order valence-electron chi connectivity index (χ4n) is 4.36. The summed E-state index contributed by atoms with van der Waals surface area (Å²) in [6.45, 7) is 0.761. The summed E-state index contributed by atoms with van der Waals surface area (Å²) in [5, 5.41) is 2.98. The van der Waals surface area contributed by atoms with Gasteiger partial charge in [-0.15, -0.1) is 0 Å². The molecule has 9 heteroatoms. The zero-order valence-electron chi connectivity index (χ0n) is 20.5. The van der Waals surface area contributed by atoms with Crippen molar-refractivity contribution in [2.75, 3.05) is 5.32 Å². The van der Waals surface area contributed by atoms with Gasteiger partial charge in [0.05, 0.1) is 21.8 Å². The van der Waals surface area contributed by atoms with Crippen molar-refractivity contribution in [1.82, 2.24) is 4.57 Å². The lowest BCUT2D eigenvalue weighted by Crippen LogP contribution is -2.40. The van der Waals surface area contributed by atoms with Crippen LogP contribution in [0.1, 0.15) is 29.7 Å². The van der Waals surface area contributed by atoms with E-state index < -0.39 is 12.7 Å². The van der Waals surface area contributed by atoms with E-state index >= 15 is 0 Å². The minimum absolute atomic E-state index is 0.0302. The van der Waals surface area contributed by atoms with Crippen LogP contribution in [-0.4, -0.2) is 17.1 Å². The molecule has 1 amide bonds. The summed E-state index contributed by atoms with van der Waals surface area (Å²) in [6.07, 6.45) is 1.67. The summed E-state index contributed by atoms with van der Waals surface area (Å²) >= 11 is 1.21. The van der Waals surface area contributed by atoms with Gasteiger partial charge in [0.15, 0.2) is 4.80 Å². The molecule has 0 saturated heterocycles. The largest absolute Gasteiger partial charge is 0.435 e. The second-order valence-corrected chi connectivity index (χ2v) is 9.72. The Bertz CT molecular complexity index is 1710. The number of rotatable bonds is 6. The molecular formula is C29H23F2N3O3S. The standard InChI is InChI=1S/C29H23F2N3O3S/c1-17-8-6-7-11-22(17)33-26(35)24-18(2)32-29-34(25(24)20-9-4-3-5-10-20)27(36)23(38-29)16-19-12-14-21(15-13-19)37-28(30)31/h3-16,25,28H,1-2H3,(H,33,35). The highest BCUT2D eigenvalue weighted by molar-refractivity contribution is 7.07. The smallest absolute Gasteiger partial charge is 0.387 e. The first-order valence-corrected chi connectivity index (χ1v) is 12.6. The molecule has 6 nitrogen and oxygen atoms in total. The number of anilines is 1. The third kappa shape index (κ3) is 5.05. The van der Waals surface area contributed by atoms with Crippen LogP contribution in [-0.2, 0) is 4.79 Å². The van der Waals surface area contributed by atoms with Crippen LogP contribution in [0.2, 0.25) is 0 Å². The first-order chi connectivity index (χ1) is 18.3. The van der Waals surface area contributed by atoms with Crippen molar-refractivity contribution in [3.05, 3.63) is 127 Å². The first kappa shape index (κ1) is 25.3. The Morgan fingerprint density at radius 1 is 1.03 bits per heavy atom. The third-order valence-electron chi connectivity index (χ3n) is 6.18. The maximum absolute atomic E-state index is 13.7. The highest BCUT2D eigenvalue weighted by Crippen LogP contribution is 2.31. The lowest BCUT2D eigenvalue weighted by atomic mass is 9.95. The lowest BCUT2D eigenvalue weighted by molar-refractivity contribution is -0.113. The van der Waals surface area contributed by atoms with Gasteiger partial charge in [0.1, 0.15) is 5.75 Å². The highest BCUT2D eigenvalue weighted by atomic mass is 32.1. The average Bonchev–Trinajstić information content (AvgIpc) is 3.20. The number of allylic oxidation sites excluding steroid dienone is 1. The molecule has 0 bridgehead atoms. The van der Waals surface area contributed by atoms with E-state index in [0.29, 0.717) is 31.9 Å². The van der Waals surface area contributed by atoms with Gasteiger partial charge in [-0.2, -0.15) is 8.78 Å². The number of ether oxygens (including phenoxy) is 1.